The van der Waals surface area contributed by atoms with Gasteiger partial charge in [-0.3, -0.25) is 0 Å². The fourth-order valence-electron chi connectivity index (χ4n) is 3.54. The van der Waals surface area contributed by atoms with Crippen LogP contribution in [0.15, 0.2) is 61.7 Å². The minimum Gasteiger partial charge on any atom is -1.00 e. The molecule has 0 nitrogen and oxygen atoms in total. The van der Waals surface area contributed by atoms with Crippen LogP contribution in [0.25, 0.3) is 23.3 Å². The van der Waals surface area contributed by atoms with E-state index in [9.17, 15) is 0 Å². The summed E-state index contributed by atoms with van der Waals surface area (Å²) in [7, 11) is 0. The first-order valence-electron chi connectivity index (χ1n) is 11.3. The van der Waals surface area contributed by atoms with Crippen molar-refractivity contribution < 1.29 is 49.0 Å². The third kappa shape index (κ3) is 9.33. The van der Waals surface area contributed by atoms with Crippen LogP contribution in [0.2, 0.25) is 0 Å². The number of aryl methyl sites for hydroxylation is 1. The molecular formula is C31H36Cl2Zr-2. The molecule has 3 aromatic carbocycles. The molecule has 0 fully saturated rings. The molecule has 0 radical (unpaired) electrons. The van der Waals surface area contributed by atoms with Crippen LogP contribution in [0.3, 0.4) is 0 Å². The van der Waals surface area contributed by atoms with E-state index >= 15 is 0 Å². The average Bonchev–Trinajstić information content (AvgIpc) is 3.37. The first-order chi connectivity index (χ1) is 15.1. The smallest absolute Gasteiger partial charge is 1.00 e. The predicted molar refractivity (Wildman–Crippen MR) is 140 cm³/mol. The molecule has 0 unspecified atom stereocenters. The average molecular weight is 571 g/mol. The van der Waals surface area contributed by atoms with E-state index in [4.69, 9.17) is 0 Å². The van der Waals surface area contributed by atoms with E-state index in [0.717, 1.165) is 18.4 Å². The van der Waals surface area contributed by atoms with Gasteiger partial charge in [0, 0.05) is 0 Å². The number of benzene rings is 2. The molecule has 3 heteroatoms. The summed E-state index contributed by atoms with van der Waals surface area (Å²) in [6.45, 7) is 20.8. The Morgan fingerprint density at radius 2 is 1.62 bits per heavy atom. The summed E-state index contributed by atoms with van der Waals surface area (Å²) in [5, 5.41) is 0. The molecule has 1 aliphatic rings. The summed E-state index contributed by atoms with van der Waals surface area (Å²) >= 11 is 1.55. The van der Waals surface area contributed by atoms with Gasteiger partial charge < -0.3 is 24.8 Å². The molecule has 0 spiro atoms. The van der Waals surface area contributed by atoms with E-state index in [0.29, 0.717) is 5.41 Å². The van der Waals surface area contributed by atoms with Crippen molar-refractivity contribution in [2.75, 3.05) is 0 Å². The molecule has 1 aliphatic carbocycles. The van der Waals surface area contributed by atoms with Gasteiger partial charge in [0.25, 0.3) is 0 Å². The molecule has 0 N–H and O–H groups in total. The van der Waals surface area contributed by atoms with Gasteiger partial charge in [0.05, 0.1) is 0 Å². The van der Waals surface area contributed by atoms with Gasteiger partial charge in [-0.2, -0.15) is 47.0 Å². The number of hydrogen-bond donors (Lipinski definition) is 0. The van der Waals surface area contributed by atoms with Crippen molar-refractivity contribution in [3.63, 3.8) is 0 Å². The maximum Gasteiger partial charge on any atom is -1.00 e. The van der Waals surface area contributed by atoms with Gasteiger partial charge in [-0.1, -0.05) is 81.5 Å². The largest absolute Gasteiger partial charge is 1.00 e. The Morgan fingerprint density at radius 1 is 1.03 bits per heavy atom. The van der Waals surface area contributed by atoms with Crippen LogP contribution < -0.4 is 24.8 Å². The Hall–Kier alpha value is -1.40. The van der Waals surface area contributed by atoms with Gasteiger partial charge in [-0.25, -0.2) is 6.07 Å². The zero-order valence-corrected chi connectivity index (χ0v) is 25.3. The molecule has 0 bridgehead atoms. The van der Waals surface area contributed by atoms with Gasteiger partial charge in [-0.15, -0.1) is 23.8 Å². The quantitative estimate of drug-likeness (QED) is 0.332. The van der Waals surface area contributed by atoms with Crippen LogP contribution in [0.1, 0.15) is 74.9 Å². The number of rotatable bonds is 3. The molecule has 180 valence electrons. The van der Waals surface area contributed by atoms with Gasteiger partial charge in [0.2, 0.25) is 0 Å². The second kappa shape index (κ2) is 14.9. The van der Waals surface area contributed by atoms with E-state index in [1.54, 1.807) is 24.2 Å². The van der Waals surface area contributed by atoms with Crippen molar-refractivity contribution in [2.45, 2.75) is 59.8 Å². The number of halogens is 2. The topological polar surface area (TPSA) is 0 Å². The van der Waals surface area contributed by atoms with Crippen LogP contribution in [-0.2, 0) is 42.5 Å². The van der Waals surface area contributed by atoms with E-state index < -0.39 is 0 Å². The van der Waals surface area contributed by atoms with Crippen molar-refractivity contribution in [3.8, 4) is 11.1 Å². The van der Waals surface area contributed by atoms with Crippen LogP contribution >= 0.6 is 0 Å². The third-order valence-corrected chi connectivity index (χ3v) is 5.40. The summed E-state index contributed by atoms with van der Waals surface area (Å²) in [5.74, 6) is 0. The van der Waals surface area contributed by atoms with Crippen LogP contribution in [0.5, 0.6) is 0 Å². The van der Waals surface area contributed by atoms with E-state index in [2.05, 4.69) is 103 Å². The number of fused-ring (bicyclic) bond motifs is 3. The fourth-order valence-corrected chi connectivity index (χ4v) is 3.54. The zero-order chi connectivity index (χ0) is 23.9. The molecule has 0 aromatic heterocycles. The summed E-state index contributed by atoms with van der Waals surface area (Å²) in [4.78, 5) is 0. The van der Waals surface area contributed by atoms with Crippen molar-refractivity contribution in [1.82, 2.24) is 0 Å². The summed E-state index contributed by atoms with van der Waals surface area (Å²) < 4.78 is 1.51. The fraction of sp³-hybridized carbons (Fsp3) is 0.290. The molecule has 0 saturated carbocycles. The monoisotopic (exact) mass is 568 g/mol. The van der Waals surface area contributed by atoms with Crippen molar-refractivity contribution in [2.24, 2.45) is 0 Å². The summed E-state index contributed by atoms with van der Waals surface area (Å²) in [6.07, 6.45) is 5.89. The summed E-state index contributed by atoms with van der Waals surface area (Å²) in [6, 6.07) is 20.8. The van der Waals surface area contributed by atoms with E-state index in [-0.39, 0.29) is 24.8 Å². The first kappa shape index (κ1) is 32.6. The van der Waals surface area contributed by atoms with Crippen LogP contribution in [0, 0.1) is 6.07 Å². The number of hydrogen-bond acceptors (Lipinski definition) is 0. The van der Waals surface area contributed by atoms with Crippen LogP contribution in [-0.4, -0.2) is 3.21 Å². The second-order valence-electron chi connectivity index (χ2n) is 9.44. The van der Waals surface area contributed by atoms with Gasteiger partial charge in [0.15, 0.2) is 0 Å². The Morgan fingerprint density at radius 3 is 2.09 bits per heavy atom. The Bertz CT molecular complexity index is 1040. The van der Waals surface area contributed by atoms with Gasteiger partial charge in [-0.05, 0) is 12.0 Å². The molecule has 0 atom stereocenters. The van der Waals surface area contributed by atoms with Crippen LogP contribution in [0.4, 0.5) is 0 Å². The Labute approximate surface area is 235 Å². The van der Waals surface area contributed by atoms with Crippen molar-refractivity contribution >= 4 is 15.4 Å². The van der Waals surface area contributed by atoms with E-state index in [1.165, 1.54) is 42.2 Å². The zero-order valence-electron chi connectivity index (χ0n) is 21.4. The van der Waals surface area contributed by atoms with Gasteiger partial charge >= 0.3 is 41.3 Å². The molecule has 0 amide bonds. The molecule has 0 saturated heterocycles. The van der Waals surface area contributed by atoms with Gasteiger partial charge in [0.1, 0.15) is 0 Å². The molecule has 34 heavy (non-hydrogen) atoms. The first-order valence-corrected chi connectivity index (χ1v) is 12.5. The standard InChI is InChI=1S/C17H13.C11H17.C3H6.2ClH.Zr/c1-3-12-5-7-14-11-15-8-6-13(4-2)10-17(15)16(14)9-12;1-5-9-6-7-10(8-9)11(2,3)4;1-3-2;;;/h3-7,9-10H,1-2,11H2;6-8H,5H2,1-4H3;1-2H3;2*1H;/q2*-1;;;;+2/p-2. The minimum atomic E-state index is 0. The maximum absolute atomic E-state index is 3.82. The van der Waals surface area contributed by atoms with Crippen molar-refractivity contribution in [1.29, 1.82) is 0 Å². The third-order valence-electron chi connectivity index (χ3n) is 5.40. The van der Waals surface area contributed by atoms with E-state index in [1.807, 2.05) is 18.2 Å². The molecule has 0 aliphatic heterocycles. The predicted octanol–water partition coefficient (Wildman–Crippen LogP) is 2.36. The minimum absolute atomic E-state index is 0. The molecular weight excluding hydrogens is 534 g/mol. The molecule has 3 aromatic rings. The summed E-state index contributed by atoms with van der Waals surface area (Å²) in [5.41, 5.74) is 10.8. The normalized spacial score (nSPS) is 10.6. The molecule has 4 rings (SSSR count). The SMILES string of the molecule is C=Cc1c[c-]c2c(c1)-c1cc(C=C)ccc1C2.CCc1cc(C(C)(C)C)c[cH-]1.C[C](C)=[Zr+2].[Cl-].[Cl-]. The van der Waals surface area contributed by atoms with Crippen molar-refractivity contribution in [3.05, 3.63) is 101 Å². The second-order valence-corrected chi connectivity index (χ2v) is 11.9. The Kier molecular flexibility index (Phi) is 14.3. The Balaban J connectivity index is 0.000000560. The maximum atomic E-state index is 3.82. The molecule has 0 heterocycles.